The summed E-state index contributed by atoms with van der Waals surface area (Å²) in [6, 6.07) is 0. The van der Waals surface area contributed by atoms with Crippen molar-refractivity contribution in [2.24, 2.45) is 0 Å². The third-order valence-electron chi connectivity index (χ3n) is 3.12. The summed E-state index contributed by atoms with van der Waals surface area (Å²) in [5.74, 6) is 0.192. The number of aliphatic hydroxyl groups is 1. The number of hydrazine groups is 1. The van der Waals surface area contributed by atoms with Crippen LogP contribution in [0.25, 0.3) is 5.70 Å². The Morgan fingerprint density at radius 2 is 1.46 bits per heavy atom. The Morgan fingerprint density at radius 1 is 0.964 bits per heavy atom. The zero-order valence-electron chi connectivity index (χ0n) is 17.2. The molecular formula is C16H27N7O5. The van der Waals surface area contributed by atoms with Crippen molar-refractivity contribution in [3.63, 3.8) is 0 Å². The van der Waals surface area contributed by atoms with E-state index in [1.807, 2.05) is 0 Å². The molecule has 1 aromatic heterocycles. The molecule has 0 radical (unpaired) electrons. The number of aliphatic hydroxyl groups excluding tert-OH is 1. The number of carbonyl (C=O) groups excluding carboxylic acids is 2. The predicted octanol–water partition coefficient (Wildman–Crippen LogP) is 1.37. The molecule has 156 valence electrons. The third kappa shape index (κ3) is 5.86. The van der Waals surface area contributed by atoms with Crippen LogP contribution in [0.1, 0.15) is 26.6 Å². The van der Waals surface area contributed by atoms with Crippen LogP contribution in [0.15, 0.2) is 5.76 Å². The molecule has 0 bridgehead atoms. The fourth-order valence-corrected chi connectivity index (χ4v) is 1.92. The number of carbonyl (C=O) groups is 2. The highest BCUT2D eigenvalue weighted by molar-refractivity contribution is 5.84. The van der Waals surface area contributed by atoms with Gasteiger partial charge in [0.1, 0.15) is 5.76 Å². The predicted molar refractivity (Wildman–Crippen MR) is 103 cm³/mol. The van der Waals surface area contributed by atoms with Crippen molar-refractivity contribution in [1.82, 2.24) is 25.4 Å². The first-order valence-electron chi connectivity index (χ1n) is 8.53. The van der Waals surface area contributed by atoms with Crippen LogP contribution in [-0.4, -0.2) is 78.7 Å². The monoisotopic (exact) mass is 397 g/mol. The van der Waals surface area contributed by atoms with Gasteiger partial charge in [-0.25, -0.2) is 15.0 Å². The van der Waals surface area contributed by atoms with Gasteiger partial charge < -0.3 is 24.4 Å². The molecule has 0 aliphatic carbocycles. The average Bonchev–Trinajstić information content (AvgIpc) is 2.60. The maximum absolute atomic E-state index is 12.4. The first-order valence-corrected chi connectivity index (χ1v) is 8.53. The first-order chi connectivity index (χ1) is 13.1. The number of allylic oxidation sites excluding steroid dienone is 1. The van der Waals surface area contributed by atoms with Gasteiger partial charge in [-0.1, -0.05) is 0 Å². The Hall–Kier alpha value is -3.31. The summed E-state index contributed by atoms with van der Waals surface area (Å²) in [5, 5.41) is 11.0. The molecule has 1 heterocycles. The van der Waals surface area contributed by atoms with Crippen molar-refractivity contribution < 1.29 is 24.2 Å². The van der Waals surface area contributed by atoms with Crippen LogP contribution in [0.2, 0.25) is 0 Å². The molecule has 12 heteroatoms. The van der Waals surface area contributed by atoms with Crippen molar-refractivity contribution in [1.29, 1.82) is 0 Å². The quantitative estimate of drug-likeness (QED) is 0.535. The summed E-state index contributed by atoms with van der Waals surface area (Å²) >= 11 is 0. The fraction of sp³-hybridized carbons (Fsp3) is 0.562. The van der Waals surface area contributed by atoms with Crippen LogP contribution in [0, 0.1) is 0 Å². The molecule has 0 fully saturated rings. The maximum atomic E-state index is 12.4. The van der Waals surface area contributed by atoms with E-state index in [4.69, 9.17) is 9.47 Å². The highest BCUT2D eigenvalue weighted by Crippen LogP contribution is 2.22. The summed E-state index contributed by atoms with van der Waals surface area (Å²) in [6.07, 6.45) is -1.86. The lowest BCUT2D eigenvalue weighted by Gasteiger charge is -2.25. The van der Waals surface area contributed by atoms with E-state index in [1.165, 1.54) is 6.92 Å². The van der Waals surface area contributed by atoms with Gasteiger partial charge in [0.05, 0.1) is 13.2 Å². The number of nitrogens with one attached hydrogen (secondary N) is 1. The molecule has 2 amide bonds. The number of ether oxygens (including phenoxy) is 2. The molecule has 1 aromatic rings. The summed E-state index contributed by atoms with van der Waals surface area (Å²) in [4.78, 5) is 40.4. The zero-order chi connectivity index (χ0) is 21.4. The van der Waals surface area contributed by atoms with Crippen molar-refractivity contribution in [3.8, 4) is 0 Å². The minimum absolute atomic E-state index is 0.0424. The van der Waals surface area contributed by atoms with Crippen molar-refractivity contribution in [3.05, 3.63) is 11.6 Å². The van der Waals surface area contributed by atoms with Crippen molar-refractivity contribution in [2.45, 2.75) is 20.8 Å². The minimum Gasteiger partial charge on any atom is -0.510 e. The van der Waals surface area contributed by atoms with Crippen LogP contribution < -0.4 is 15.2 Å². The zero-order valence-corrected chi connectivity index (χ0v) is 17.2. The molecule has 2 N–H and O–H groups in total. The van der Waals surface area contributed by atoms with E-state index in [2.05, 4.69) is 20.4 Å². The number of amides is 2. The molecule has 0 aromatic carbocycles. The van der Waals surface area contributed by atoms with Crippen LogP contribution in [0.5, 0.6) is 0 Å². The van der Waals surface area contributed by atoms with E-state index < -0.39 is 12.2 Å². The molecule has 0 aliphatic heterocycles. The number of anilines is 2. The van der Waals surface area contributed by atoms with Gasteiger partial charge in [0.25, 0.3) is 0 Å². The van der Waals surface area contributed by atoms with E-state index in [0.717, 1.165) is 0 Å². The highest BCUT2D eigenvalue weighted by Gasteiger charge is 2.29. The molecule has 28 heavy (non-hydrogen) atoms. The number of hydrogen-bond acceptors (Lipinski definition) is 10. The maximum Gasteiger partial charge on any atom is 0.433 e. The van der Waals surface area contributed by atoms with E-state index in [9.17, 15) is 14.7 Å². The summed E-state index contributed by atoms with van der Waals surface area (Å²) < 4.78 is 9.79. The van der Waals surface area contributed by atoms with Crippen LogP contribution in [0.3, 0.4) is 0 Å². The summed E-state index contributed by atoms with van der Waals surface area (Å²) in [6.45, 7) is 4.67. The average molecular weight is 397 g/mol. The Kier molecular flexibility index (Phi) is 8.23. The molecule has 0 saturated carbocycles. The SMILES string of the molecule is CCOC(=O)NN(C(=O)OCC)/C(=C(/C)O)c1nc(N(C)C)nc(N(C)C)n1. The lowest BCUT2D eigenvalue weighted by Crippen LogP contribution is -2.46. The molecular weight excluding hydrogens is 370 g/mol. The van der Waals surface area contributed by atoms with Gasteiger partial charge in [-0.3, -0.25) is 0 Å². The van der Waals surface area contributed by atoms with Crippen LogP contribution in [-0.2, 0) is 9.47 Å². The summed E-state index contributed by atoms with van der Waals surface area (Å²) in [7, 11) is 6.92. The molecule has 0 spiro atoms. The van der Waals surface area contributed by atoms with E-state index in [-0.39, 0.29) is 42.4 Å². The van der Waals surface area contributed by atoms with Crippen LogP contribution >= 0.6 is 0 Å². The number of aromatic nitrogens is 3. The van der Waals surface area contributed by atoms with E-state index >= 15 is 0 Å². The van der Waals surface area contributed by atoms with Crippen molar-refractivity contribution >= 4 is 29.8 Å². The van der Waals surface area contributed by atoms with Gasteiger partial charge in [-0.15, -0.1) is 0 Å². The van der Waals surface area contributed by atoms with Gasteiger partial charge in [0.2, 0.25) is 11.9 Å². The van der Waals surface area contributed by atoms with E-state index in [0.29, 0.717) is 5.01 Å². The topological polar surface area (TPSA) is 133 Å². The lowest BCUT2D eigenvalue weighted by molar-refractivity contribution is 0.0946. The molecule has 0 atom stereocenters. The Balaban J connectivity index is 3.56. The van der Waals surface area contributed by atoms with Gasteiger partial charge in [0, 0.05) is 28.2 Å². The summed E-state index contributed by atoms with van der Waals surface area (Å²) in [5.41, 5.74) is 2.05. The van der Waals surface area contributed by atoms with Gasteiger partial charge in [-0.05, 0) is 20.8 Å². The van der Waals surface area contributed by atoms with Crippen molar-refractivity contribution in [2.75, 3.05) is 51.2 Å². The normalized spacial score (nSPS) is 11.2. The van der Waals surface area contributed by atoms with Gasteiger partial charge >= 0.3 is 12.2 Å². The number of nitrogens with zero attached hydrogens (tertiary/aromatic N) is 6. The third-order valence-corrected chi connectivity index (χ3v) is 3.12. The molecule has 1 rings (SSSR count). The first kappa shape index (κ1) is 22.7. The smallest absolute Gasteiger partial charge is 0.433 e. The van der Waals surface area contributed by atoms with Gasteiger partial charge in [-0.2, -0.15) is 20.0 Å². The molecule has 0 unspecified atom stereocenters. The standard InChI is InChI=1S/C16H27N7O5/c1-8-27-15(25)20-23(16(26)28-9-2)11(10(3)24)12-17-13(21(4)5)19-14(18-12)22(6)7/h24H,8-9H2,1-7H3,(H,20,25)/b11-10-. The lowest BCUT2D eigenvalue weighted by atomic mass is 10.3. The Morgan fingerprint density at radius 3 is 1.86 bits per heavy atom. The fourth-order valence-electron chi connectivity index (χ4n) is 1.92. The Labute approximate surface area is 163 Å². The number of rotatable bonds is 6. The minimum atomic E-state index is -0.947. The second kappa shape index (κ2) is 10.1. The molecule has 12 nitrogen and oxygen atoms in total. The second-order valence-corrected chi connectivity index (χ2v) is 5.85. The Bertz CT molecular complexity index is 706. The highest BCUT2D eigenvalue weighted by atomic mass is 16.6. The molecule has 0 saturated heterocycles. The van der Waals surface area contributed by atoms with Gasteiger partial charge in [0.15, 0.2) is 11.5 Å². The van der Waals surface area contributed by atoms with E-state index in [1.54, 1.807) is 51.8 Å². The second-order valence-electron chi connectivity index (χ2n) is 5.85. The number of hydrogen-bond donors (Lipinski definition) is 2. The molecule has 0 aliphatic rings. The van der Waals surface area contributed by atoms with Crippen LogP contribution in [0.4, 0.5) is 21.5 Å². The largest absolute Gasteiger partial charge is 0.510 e.